The molecular weight excluding hydrogens is 292 g/mol. The van der Waals surface area contributed by atoms with Crippen LogP contribution in [0.5, 0.6) is 0 Å². The summed E-state index contributed by atoms with van der Waals surface area (Å²) in [5, 5.41) is 4.51. The first-order chi connectivity index (χ1) is 9.77. The fourth-order valence-corrected chi connectivity index (χ4v) is 1.89. The molecule has 2 N–H and O–H groups in total. The highest BCUT2D eigenvalue weighted by molar-refractivity contribution is 5.31. The molecule has 2 aromatic rings. The van der Waals surface area contributed by atoms with E-state index >= 15 is 0 Å². The number of aromatic nitrogens is 2. The summed E-state index contributed by atoms with van der Waals surface area (Å²) < 4.78 is 51.3. The van der Waals surface area contributed by atoms with Gasteiger partial charge in [-0.05, 0) is 30.5 Å². The second-order valence-corrected chi connectivity index (χ2v) is 4.41. The summed E-state index contributed by atoms with van der Waals surface area (Å²) >= 11 is 0. The van der Waals surface area contributed by atoms with Gasteiger partial charge >= 0.3 is 11.7 Å². The molecule has 1 aromatic heterocycles. The standard InChI is InChI=1S/C13H10F4N2O2/c14-8-3-1-7(10(5-8)13(15,16)17)2-4-9-6-11(20)12(21)19-18-9/h1,3,5-6H,2,4H2,(H,18,20)(H,19,21). The van der Waals surface area contributed by atoms with Crippen molar-refractivity contribution in [2.24, 2.45) is 0 Å². The molecule has 0 saturated heterocycles. The predicted molar refractivity (Wildman–Crippen MR) is 66.5 cm³/mol. The highest BCUT2D eigenvalue weighted by Gasteiger charge is 2.33. The van der Waals surface area contributed by atoms with Gasteiger partial charge in [0.25, 0.3) is 0 Å². The van der Waals surface area contributed by atoms with E-state index in [1.165, 1.54) is 0 Å². The van der Waals surface area contributed by atoms with Gasteiger partial charge < -0.3 is 5.10 Å². The third-order valence-electron chi connectivity index (χ3n) is 2.91. The van der Waals surface area contributed by atoms with Crippen LogP contribution in [0, 0.1) is 5.82 Å². The molecule has 1 heterocycles. The van der Waals surface area contributed by atoms with Crippen molar-refractivity contribution in [2.45, 2.75) is 19.0 Å². The number of rotatable bonds is 3. The summed E-state index contributed by atoms with van der Waals surface area (Å²) in [6.07, 6.45) is -4.65. The first-order valence-electron chi connectivity index (χ1n) is 5.94. The third-order valence-corrected chi connectivity index (χ3v) is 2.91. The summed E-state index contributed by atoms with van der Waals surface area (Å²) in [6, 6.07) is 3.46. The Labute approximate surface area is 115 Å². The Hall–Kier alpha value is -2.38. The quantitative estimate of drug-likeness (QED) is 0.673. The fourth-order valence-electron chi connectivity index (χ4n) is 1.89. The molecule has 0 fully saturated rings. The first kappa shape index (κ1) is 15.0. The van der Waals surface area contributed by atoms with Crippen molar-refractivity contribution in [3.05, 3.63) is 67.5 Å². The molecule has 0 aliphatic rings. The first-order valence-corrected chi connectivity index (χ1v) is 5.94. The second kappa shape index (κ2) is 5.55. The second-order valence-electron chi connectivity index (χ2n) is 4.41. The molecule has 0 amide bonds. The van der Waals surface area contributed by atoms with Crippen LogP contribution in [0.2, 0.25) is 0 Å². The van der Waals surface area contributed by atoms with E-state index in [0.29, 0.717) is 6.07 Å². The minimum absolute atomic E-state index is 0.0584. The summed E-state index contributed by atoms with van der Waals surface area (Å²) in [5.41, 5.74) is -2.46. The Balaban J connectivity index is 2.26. The maximum Gasteiger partial charge on any atom is 0.416 e. The molecule has 0 radical (unpaired) electrons. The van der Waals surface area contributed by atoms with Crippen LogP contribution in [0.1, 0.15) is 16.8 Å². The Morgan fingerprint density at radius 1 is 1.00 bits per heavy atom. The maximum atomic E-state index is 13.0. The summed E-state index contributed by atoms with van der Waals surface area (Å²) in [5.74, 6) is -0.969. The van der Waals surface area contributed by atoms with Crippen molar-refractivity contribution in [1.82, 2.24) is 10.2 Å². The molecule has 0 aliphatic heterocycles. The van der Waals surface area contributed by atoms with Crippen LogP contribution >= 0.6 is 0 Å². The van der Waals surface area contributed by atoms with Crippen LogP contribution in [-0.2, 0) is 19.0 Å². The topological polar surface area (TPSA) is 65.7 Å². The monoisotopic (exact) mass is 302 g/mol. The van der Waals surface area contributed by atoms with E-state index in [0.717, 1.165) is 18.2 Å². The van der Waals surface area contributed by atoms with Gasteiger partial charge in [0, 0.05) is 11.8 Å². The van der Waals surface area contributed by atoms with Crippen LogP contribution in [0.15, 0.2) is 33.9 Å². The van der Waals surface area contributed by atoms with Gasteiger partial charge in [0.1, 0.15) is 5.82 Å². The summed E-state index contributed by atoms with van der Waals surface area (Å²) in [6.45, 7) is 0. The van der Waals surface area contributed by atoms with Crippen molar-refractivity contribution in [1.29, 1.82) is 0 Å². The fraction of sp³-hybridized carbons (Fsp3) is 0.231. The van der Waals surface area contributed by atoms with Crippen LogP contribution in [0.25, 0.3) is 0 Å². The van der Waals surface area contributed by atoms with E-state index in [4.69, 9.17) is 0 Å². The van der Waals surface area contributed by atoms with Crippen molar-refractivity contribution in [3.63, 3.8) is 0 Å². The zero-order chi connectivity index (χ0) is 15.6. The lowest BCUT2D eigenvalue weighted by Crippen LogP contribution is -2.27. The Kier molecular flexibility index (Phi) is 3.97. The molecule has 0 saturated carbocycles. The minimum Gasteiger partial charge on any atom is -0.302 e. The molecular formula is C13H10F4N2O2. The van der Waals surface area contributed by atoms with Crippen LogP contribution in [-0.4, -0.2) is 10.2 Å². The van der Waals surface area contributed by atoms with E-state index in [-0.39, 0.29) is 24.1 Å². The lowest BCUT2D eigenvalue weighted by atomic mass is 10.0. The van der Waals surface area contributed by atoms with Gasteiger partial charge in [0.05, 0.1) is 5.56 Å². The van der Waals surface area contributed by atoms with Crippen molar-refractivity contribution in [2.75, 3.05) is 0 Å². The Morgan fingerprint density at radius 3 is 2.33 bits per heavy atom. The molecule has 0 aliphatic carbocycles. The number of nitrogens with one attached hydrogen (secondary N) is 2. The van der Waals surface area contributed by atoms with E-state index in [9.17, 15) is 27.2 Å². The van der Waals surface area contributed by atoms with E-state index < -0.39 is 28.5 Å². The molecule has 1 aromatic carbocycles. The van der Waals surface area contributed by atoms with Crippen LogP contribution in [0.4, 0.5) is 17.6 Å². The van der Waals surface area contributed by atoms with Gasteiger partial charge in [-0.2, -0.15) is 13.2 Å². The average molecular weight is 302 g/mol. The molecule has 21 heavy (non-hydrogen) atoms. The zero-order valence-corrected chi connectivity index (χ0v) is 10.6. The highest BCUT2D eigenvalue weighted by atomic mass is 19.4. The van der Waals surface area contributed by atoms with Crippen molar-refractivity contribution < 1.29 is 17.6 Å². The molecule has 0 atom stereocenters. The van der Waals surface area contributed by atoms with Gasteiger partial charge in [-0.1, -0.05) is 6.07 Å². The number of aromatic amines is 2. The van der Waals surface area contributed by atoms with Crippen LogP contribution in [0.3, 0.4) is 0 Å². The average Bonchev–Trinajstić information content (AvgIpc) is 2.40. The number of halogens is 4. The molecule has 8 heteroatoms. The van der Waals surface area contributed by atoms with E-state index in [1.54, 1.807) is 0 Å². The highest BCUT2D eigenvalue weighted by Crippen LogP contribution is 2.33. The number of hydrogen-bond acceptors (Lipinski definition) is 2. The van der Waals surface area contributed by atoms with E-state index in [2.05, 4.69) is 10.2 Å². The van der Waals surface area contributed by atoms with E-state index in [1.807, 2.05) is 0 Å². The smallest absolute Gasteiger partial charge is 0.302 e. The Bertz CT molecular complexity index is 762. The largest absolute Gasteiger partial charge is 0.416 e. The van der Waals surface area contributed by atoms with Gasteiger partial charge in [0.2, 0.25) is 5.43 Å². The normalized spacial score (nSPS) is 11.6. The van der Waals surface area contributed by atoms with Gasteiger partial charge in [-0.3, -0.25) is 14.7 Å². The number of benzene rings is 1. The maximum absolute atomic E-state index is 13.0. The van der Waals surface area contributed by atoms with Gasteiger partial charge in [-0.25, -0.2) is 4.39 Å². The molecule has 0 bridgehead atoms. The molecule has 0 spiro atoms. The molecule has 4 nitrogen and oxygen atoms in total. The zero-order valence-electron chi connectivity index (χ0n) is 10.6. The van der Waals surface area contributed by atoms with Gasteiger partial charge in [0.15, 0.2) is 0 Å². The van der Waals surface area contributed by atoms with Crippen molar-refractivity contribution >= 4 is 0 Å². The molecule has 0 unspecified atom stereocenters. The summed E-state index contributed by atoms with van der Waals surface area (Å²) in [7, 11) is 0. The minimum atomic E-state index is -4.66. The lowest BCUT2D eigenvalue weighted by molar-refractivity contribution is -0.138. The number of H-pyrrole nitrogens is 2. The lowest BCUT2D eigenvalue weighted by Gasteiger charge is -2.12. The van der Waals surface area contributed by atoms with Gasteiger partial charge in [-0.15, -0.1) is 0 Å². The Morgan fingerprint density at radius 2 is 1.71 bits per heavy atom. The van der Waals surface area contributed by atoms with Crippen molar-refractivity contribution in [3.8, 4) is 0 Å². The van der Waals surface area contributed by atoms with Crippen LogP contribution < -0.4 is 11.0 Å². The number of hydrogen-bond donors (Lipinski definition) is 2. The molecule has 112 valence electrons. The SMILES string of the molecule is O=c1cc(CCc2ccc(F)cc2C(F)(F)F)[nH][nH]c1=O. The number of alkyl halides is 3. The number of aryl methyl sites for hydroxylation is 2. The summed E-state index contributed by atoms with van der Waals surface area (Å²) in [4.78, 5) is 22.0. The molecule has 2 rings (SSSR count). The predicted octanol–water partition coefficient (Wildman–Crippen LogP) is 2.01. The third kappa shape index (κ3) is 3.59.